The van der Waals surface area contributed by atoms with Gasteiger partial charge < -0.3 is 5.11 Å². The number of carbonyl (C=O) groups is 1. The molecule has 104 valence electrons. The number of benzene rings is 1. The normalized spacial score (nSPS) is 15.7. The lowest BCUT2D eigenvalue weighted by molar-refractivity contribution is 0.0697. The van der Waals surface area contributed by atoms with Crippen LogP contribution in [0.1, 0.15) is 47.6 Å². The lowest BCUT2D eigenvalue weighted by Gasteiger charge is -2.08. The van der Waals surface area contributed by atoms with E-state index in [9.17, 15) is 9.90 Å². The summed E-state index contributed by atoms with van der Waals surface area (Å²) < 4.78 is 1.85. The first-order valence-corrected chi connectivity index (χ1v) is 7.04. The van der Waals surface area contributed by atoms with Crippen molar-refractivity contribution in [2.75, 3.05) is 0 Å². The van der Waals surface area contributed by atoms with Crippen LogP contribution in [-0.4, -0.2) is 20.9 Å². The number of nitrogens with zero attached hydrogens (tertiary/aromatic N) is 2. The minimum absolute atomic E-state index is 0.292. The molecule has 0 bridgehead atoms. The lowest BCUT2D eigenvalue weighted by Crippen LogP contribution is -2.05. The first-order valence-electron chi connectivity index (χ1n) is 7.04. The zero-order chi connectivity index (χ0) is 14.1. The molecule has 1 heterocycles. The molecule has 1 aliphatic carbocycles. The van der Waals surface area contributed by atoms with Gasteiger partial charge in [-0.05, 0) is 19.8 Å². The van der Waals surface area contributed by atoms with E-state index in [1.807, 2.05) is 35.9 Å². The van der Waals surface area contributed by atoms with Crippen molar-refractivity contribution < 1.29 is 9.90 Å². The van der Waals surface area contributed by atoms with Gasteiger partial charge in [0.1, 0.15) is 11.3 Å². The van der Waals surface area contributed by atoms with Crippen LogP contribution in [0, 0.1) is 6.92 Å². The molecule has 0 amide bonds. The number of carboxylic acids is 1. The molecule has 0 spiro atoms. The second-order valence-corrected chi connectivity index (χ2v) is 5.48. The second kappa shape index (κ2) is 5.12. The highest BCUT2D eigenvalue weighted by Gasteiger charge is 2.23. The molecule has 1 aromatic heterocycles. The predicted octanol–water partition coefficient (Wildman–Crippen LogP) is 3.67. The van der Waals surface area contributed by atoms with Crippen LogP contribution in [0.4, 0.5) is 0 Å². The average Bonchev–Trinajstić information content (AvgIpc) is 3.08. The van der Waals surface area contributed by atoms with Crippen LogP contribution in [0.5, 0.6) is 0 Å². The van der Waals surface area contributed by atoms with Crippen LogP contribution >= 0.6 is 0 Å². The Kier molecular flexibility index (Phi) is 3.30. The molecule has 1 saturated carbocycles. The summed E-state index contributed by atoms with van der Waals surface area (Å²) in [7, 11) is 0. The molecular formula is C16H18N2O2. The molecule has 0 unspecified atom stereocenters. The molecule has 0 saturated heterocycles. The SMILES string of the molecule is Cc1ccc(-c2nn(C3CCCC3)cc2C(=O)O)cc1. The van der Waals surface area contributed by atoms with E-state index in [1.165, 1.54) is 12.8 Å². The van der Waals surface area contributed by atoms with Gasteiger partial charge in [-0.25, -0.2) is 4.79 Å². The zero-order valence-electron chi connectivity index (χ0n) is 11.5. The number of rotatable bonds is 3. The highest BCUT2D eigenvalue weighted by atomic mass is 16.4. The Bertz CT molecular complexity index is 622. The van der Waals surface area contributed by atoms with Crippen LogP contribution in [0.3, 0.4) is 0 Å². The summed E-state index contributed by atoms with van der Waals surface area (Å²) in [5.41, 5.74) is 2.88. The molecule has 20 heavy (non-hydrogen) atoms. The molecule has 0 aliphatic heterocycles. The van der Waals surface area contributed by atoms with Crippen molar-refractivity contribution in [2.24, 2.45) is 0 Å². The van der Waals surface area contributed by atoms with E-state index in [-0.39, 0.29) is 0 Å². The Morgan fingerprint density at radius 3 is 2.50 bits per heavy atom. The molecule has 4 heteroatoms. The van der Waals surface area contributed by atoms with Crippen LogP contribution in [0.2, 0.25) is 0 Å². The van der Waals surface area contributed by atoms with E-state index in [0.717, 1.165) is 24.0 Å². The first kappa shape index (κ1) is 12.9. The van der Waals surface area contributed by atoms with Crippen LogP contribution in [0.15, 0.2) is 30.5 Å². The average molecular weight is 270 g/mol. The van der Waals surface area contributed by atoms with Crippen molar-refractivity contribution in [3.05, 3.63) is 41.6 Å². The van der Waals surface area contributed by atoms with Crippen molar-refractivity contribution in [3.63, 3.8) is 0 Å². The van der Waals surface area contributed by atoms with Gasteiger partial charge in [0.15, 0.2) is 0 Å². The fourth-order valence-electron chi connectivity index (χ4n) is 2.83. The Labute approximate surface area is 118 Å². The first-order chi connectivity index (χ1) is 9.65. The summed E-state index contributed by atoms with van der Waals surface area (Å²) >= 11 is 0. The topological polar surface area (TPSA) is 55.1 Å². The second-order valence-electron chi connectivity index (χ2n) is 5.48. The summed E-state index contributed by atoms with van der Waals surface area (Å²) in [4.78, 5) is 11.4. The van der Waals surface area contributed by atoms with Gasteiger partial charge in [-0.1, -0.05) is 42.7 Å². The van der Waals surface area contributed by atoms with E-state index in [0.29, 0.717) is 17.3 Å². The molecule has 2 aromatic rings. The predicted molar refractivity (Wildman–Crippen MR) is 76.9 cm³/mol. The van der Waals surface area contributed by atoms with Crippen molar-refractivity contribution in [2.45, 2.75) is 38.6 Å². The number of aryl methyl sites for hydroxylation is 1. The standard InChI is InChI=1S/C16H18N2O2/c1-11-6-8-12(9-7-11)15-14(16(19)20)10-18(17-15)13-4-2-3-5-13/h6-10,13H,2-5H2,1H3,(H,19,20). The largest absolute Gasteiger partial charge is 0.478 e. The van der Waals surface area contributed by atoms with Gasteiger partial charge >= 0.3 is 5.97 Å². The minimum Gasteiger partial charge on any atom is -0.478 e. The molecule has 1 aromatic carbocycles. The van der Waals surface area contributed by atoms with Gasteiger partial charge in [-0.3, -0.25) is 4.68 Å². The number of aromatic nitrogens is 2. The Morgan fingerprint density at radius 1 is 1.25 bits per heavy atom. The van der Waals surface area contributed by atoms with Crippen LogP contribution < -0.4 is 0 Å². The molecule has 3 rings (SSSR count). The van der Waals surface area contributed by atoms with Crippen molar-refractivity contribution in [3.8, 4) is 11.3 Å². The summed E-state index contributed by atoms with van der Waals surface area (Å²) in [6.45, 7) is 2.01. The number of carboxylic acid groups (broad SMARTS) is 1. The van der Waals surface area contributed by atoms with Gasteiger partial charge in [0.2, 0.25) is 0 Å². The maximum Gasteiger partial charge on any atom is 0.339 e. The smallest absolute Gasteiger partial charge is 0.339 e. The van der Waals surface area contributed by atoms with Gasteiger partial charge in [0.25, 0.3) is 0 Å². The summed E-state index contributed by atoms with van der Waals surface area (Å²) in [5, 5.41) is 13.9. The number of hydrogen-bond acceptors (Lipinski definition) is 2. The summed E-state index contributed by atoms with van der Waals surface area (Å²) in [6.07, 6.45) is 6.27. The van der Waals surface area contributed by atoms with E-state index >= 15 is 0 Å². The number of hydrogen-bond donors (Lipinski definition) is 1. The molecule has 0 radical (unpaired) electrons. The summed E-state index contributed by atoms with van der Waals surface area (Å²) in [5.74, 6) is -0.912. The van der Waals surface area contributed by atoms with E-state index < -0.39 is 5.97 Å². The third kappa shape index (κ3) is 2.33. The fourth-order valence-corrected chi connectivity index (χ4v) is 2.83. The van der Waals surface area contributed by atoms with Crippen molar-refractivity contribution in [1.82, 2.24) is 9.78 Å². The molecule has 1 aliphatic rings. The third-order valence-corrected chi connectivity index (χ3v) is 3.99. The zero-order valence-corrected chi connectivity index (χ0v) is 11.5. The van der Waals surface area contributed by atoms with Gasteiger partial charge in [0, 0.05) is 11.8 Å². The van der Waals surface area contributed by atoms with Crippen LogP contribution in [0.25, 0.3) is 11.3 Å². The van der Waals surface area contributed by atoms with E-state index in [4.69, 9.17) is 0 Å². The van der Waals surface area contributed by atoms with Crippen molar-refractivity contribution >= 4 is 5.97 Å². The summed E-state index contributed by atoms with van der Waals surface area (Å²) in [6, 6.07) is 8.18. The highest BCUT2D eigenvalue weighted by molar-refractivity contribution is 5.94. The van der Waals surface area contributed by atoms with E-state index in [1.54, 1.807) is 6.20 Å². The Balaban J connectivity index is 2.04. The molecule has 1 N–H and O–H groups in total. The maximum atomic E-state index is 11.4. The quantitative estimate of drug-likeness (QED) is 0.925. The molecule has 0 atom stereocenters. The fraction of sp³-hybridized carbons (Fsp3) is 0.375. The maximum absolute atomic E-state index is 11.4. The van der Waals surface area contributed by atoms with E-state index in [2.05, 4.69) is 5.10 Å². The van der Waals surface area contributed by atoms with Gasteiger partial charge in [0.05, 0.1) is 6.04 Å². The lowest BCUT2D eigenvalue weighted by atomic mass is 10.1. The minimum atomic E-state index is -0.912. The molecular weight excluding hydrogens is 252 g/mol. The monoisotopic (exact) mass is 270 g/mol. The van der Waals surface area contributed by atoms with Crippen LogP contribution in [-0.2, 0) is 0 Å². The third-order valence-electron chi connectivity index (χ3n) is 3.99. The van der Waals surface area contributed by atoms with Gasteiger partial charge in [-0.15, -0.1) is 0 Å². The highest BCUT2D eigenvalue weighted by Crippen LogP contribution is 2.31. The molecule has 1 fully saturated rings. The van der Waals surface area contributed by atoms with Crippen molar-refractivity contribution in [1.29, 1.82) is 0 Å². The Morgan fingerprint density at radius 2 is 1.90 bits per heavy atom. The molecule has 4 nitrogen and oxygen atoms in total. The van der Waals surface area contributed by atoms with Gasteiger partial charge in [-0.2, -0.15) is 5.10 Å². The number of aromatic carboxylic acids is 1. The Hall–Kier alpha value is -2.10.